The Bertz CT molecular complexity index is 275. The molecule has 1 aromatic heterocycles. The number of hydrogen-bond donors (Lipinski definition) is 1. The molecule has 0 atom stereocenters. The van der Waals surface area contributed by atoms with Gasteiger partial charge in [-0.2, -0.15) is 0 Å². The lowest BCUT2D eigenvalue weighted by Gasteiger charge is -1.94. The van der Waals surface area contributed by atoms with Crippen molar-refractivity contribution in [2.75, 3.05) is 11.1 Å². The van der Waals surface area contributed by atoms with Crippen molar-refractivity contribution in [2.24, 2.45) is 0 Å². The third-order valence-electron chi connectivity index (χ3n) is 0.964. The van der Waals surface area contributed by atoms with Crippen LogP contribution in [0.2, 0.25) is 0 Å². The van der Waals surface area contributed by atoms with Crippen LogP contribution >= 0.6 is 27.7 Å². The summed E-state index contributed by atoms with van der Waals surface area (Å²) in [6.45, 7) is 0. The van der Waals surface area contributed by atoms with Crippen molar-refractivity contribution in [1.29, 1.82) is 0 Å². The molecule has 0 saturated carbocycles. The molecule has 1 heterocycles. The van der Waals surface area contributed by atoms with Crippen LogP contribution in [0.3, 0.4) is 0 Å². The number of aromatic amines is 1. The molecule has 0 aliphatic carbocycles. The molecule has 0 radical (unpaired) electrons. The highest BCUT2D eigenvalue weighted by Crippen LogP contribution is 2.09. The molecule has 11 heavy (non-hydrogen) atoms. The Labute approximate surface area is 76.8 Å². The van der Waals surface area contributed by atoms with Crippen molar-refractivity contribution >= 4 is 27.7 Å². The van der Waals surface area contributed by atoms with Crippen LogP contribution in [0.15, 0.2) is 22.2 Å². The van der Waals surface area contributed by atoms with Crippen LogP contribution in [-0.4, -0.2) is 21.1 Å². The first-order valence-corrected chi connectivity index (χ1v) is 5.18. The molecule has 3 nitrogen and oxygen atoms in total. The zero-order valence-corrected chi connectivity index (χ0v) is 8.11. The molecule has 0 aliphatic rings. The van der Waals surface area contributed by atoms with Crippen molar-refractivity contribution in [3.05, 3.63) is 22.6 Å². The number of alkyl halides is 1. The fourth-order valence-electron chi connectivity index (χ4n) is 0.561. The van der Waals surface area contributed by atoms with E-state index in [2.05, 4.69) is 25.9 Å². The molecule has 0 spiro atoms. The molecule has 60 valence electrons. The van der Waals surface area contributed by atoms with Gasteiger partial charge in [-0.25, -0.2) is 4.98 Å². The monoisotopic (exact) mass is 234 g/mol. The molecular weight excluding hydrogens is 228 g/mol. The van der Waals surface area contributed by atoms with E-state index in [-0.39, 0.29) is 5.56 Å². The summed E-state index contributed by atoms with van der Waals surface area (Å²) in [6, 6.07) is 1.40. The fraction of sp³-hybridized carbons (Fsp3) is 0.333. The molecular formula is C6H7BrN2OS. The van der Waals surface area contributed by atoms with Gasteiger partial charge in [0.15, 0.2) is 5.16 Å². The first-order valence-electron chi connectivity index (χ1n) is 3.07. The van der Waals surface area contributed by atoms with Gasteiger partial charge in [-0.1, -0.05) is 27.7 Å². The number of aromatic nitrogens is 2. The molecule has 5 heteroatoms. The first kappa shape index (κ1) is 8.80. The number of hydrogen-bond acceptors (Lipinski definition) is 3. The molecule has 0 bridgehead atoms. The topological polar surface area (TPSA) is 45.8 Å². The average Bonchev–Trinajstić information content (AvgIpc) is 2.01. The van der Waals surface area contributed by atoms with Gasteiger partial charge in [0.05, 0.1) is 0 Å². The number of H-pyrrole nitrogens is 1. The predicted octanol–water partition coefficient (Wildman–Crippen LogP) is 1.26. The zero-order chi connectivity index (χ0) is 8.10. The predicted molar refractivity (Wildman–Crippen MR) is 49.4 cm³/mol. The van der Waals surface area contributed by atoms with E-state index in [1.807, 2.05) is 0 Å². The van der Waals surface area contributed by atoms with Crippen LogP contribution < -0.4 is 5.56 Å². The van der Waals surface area contributed by atoms with E-state index >= 15 is 0 Å². The lowest BCUT2D eigenvalue weighted by atomic mass is 10.7. The highest BCUT2D eigenvalue weighted by Gasteiger charge is 1.93. The lowest BCUT2D eigenvalue weighted by Crippen LogP contribution is -2.05. The second-order valence-corrected chi connectivity index (χ2v) is 3.65. The smallest absolute Gasteiger partial charge is 0.251 e. The van der Waals surface area contributed by atoms with Gasteiger partial charge in [-0.05, 0) is 0 Å². The van der Waals surface area contributed by atoms with Gasteiger partial charge in [-0.3, -0.25) is 4.79 Å². The van der Waals surface area contributed by atoms with Crippen LogP contribution in [0, 0.1) is 0 Å². The van der Waals surface area contributed by atoms with E-state index in [4.69, 9.17) is 0 Å². The fourth-order valence-corrected chi connectivity index (χ4v) is 1.62. The molecule has 1 rings (SSSR count). The summed E-state index contributed by atoms with van der Waals surface area (Å²) in [5, 5.41) is 1.58. The maximum Gasteiger partial charge on any atom is 0.251 e. The molecule has 0 amide bonds. The summed E-state index contributed by atoms with van der Waals surface area (Å²) in [5.74, 6) is 0.910. The molecule has 0 aliphatic heterocycles. The molecule has 0 aromatic carbocycles. The highest BCUT2D eigenvalue weighted by molar-refractivity contribution is 9.09. The second-order valence-electron chi connectivity index (χ2n) is 1.78. The normalized spacial score (nSPS) is 9.91. The van der Waals surface area contributed by atoms with Crippen molar-refractivity contribution in [3.8, 4) is 0 Å². The van der Waals surface area contributed by atoms with Gasteiger partial charge in [0.2, 0.25) is 0 Å². The van der Waals surface area contributed by atoms with E-state index in [1.165, 1.54) is 24.0 Å². The molecule has 0 unspecified atom stereocenters. The lowest BCUT2D eigenvalue weighted by molar-refractivity contribution is 0.937. The Balaban J connectivity index is 2.64. The van der Waals surface area contributed by atoms with E-state index in [9.17, 15) is 4.79 Å². The van der Waals surface area contributed by atoms with Gasteiger partial charge in [0.25, 0.3) is 5.56 Å². The SMILES string of the molecule is O=c1ccnc(SCCBr)[nH]1. The van der Waals surface area contributed by atoms with Crippen LogP contribution in [0.4, 0.5) is 0 Å². The molecule has 1 N–H and O–H groups in total. The Morgan fingerprint density at radius 3 is 3.18 bits per heavy atom. The van der Waals surface area contributed by atoms with Gasteiger partial charge >= 0.3 is 0 Å². The average molecular weight is 235 g/mol. The number of thioether (sulfide) groups is 1. The summed E-state index contributed by atoms with van der Waals surface area (Å²) < 4.78 is 0. The van der Waals surface area contributed by atoms with Crippen LogP contribution in [0.25, 0.3) is 0 Å². The quantitative estimate of drug-likeness (QED) is 0.487. The summed E-state index contributed by atoms with van der Waals surface area (Å²) in [6.07, 6.45) is 1.51. The van der Waals surface area contributed by atoms with Crippen molar-refractivity contribution in [1.82, 2.24) is 9.97 Å². The number of halogens is 1. The standard InChI is InChI=1S/C6H7BrN2OS/c7-2-4-11-6-8-3-1-5(10)9-6/h1,3H,2,4H2,(H,8,9,10). The maximum absolute atomic E-state index is 10.7. The van der Waals surface area contributed by atoms with Crippen molar-refractivity contribution in [3.63, 3.8) is 0 Å². The third kappa shape index (κ3) is 3.07. The van der Waals surface area contributed by atoms with Gasteiger partial charge in [-0.15, -0.1) is 0 Å². The van der Waals surface area contributed by atoms with E-state index in [1.54, 1.807) is 0 Å². The third-order valence-corrected chi connectivity index (χ3v) is 2.77. The molecule has 1 aromatic rings. The second kappa shape index (κ2) is 4.56. The largest absolute Gasteiger partial charge is 0.301 e. The van der Waals surface area contributed by atoms with Crippen LogP contribution in [0.5, 0.6) is 0 Å². The molecule has 0 saturated heterocycles. The minimum atomic E-state index is -0.0999. The minimum absolute atomic E-state index is 0.0999. The Kier molecular flexibility index (Phi) is 3.65. The Hall–Kier alpha value is -0.290. The first-order chi connectivity index (χ1) is 5.33. The van der Waals surface area contributed by atoms with Gasteiger partial charge in [0, 0.05) is 23.3 Å². The Morgan fingerprint density at radius 1 is 1.73 bits per heavy atom. The van der Waals surface area contributed by atoms with Crippen molar-refractivity contribution in [2.45, 2.75) is 5.16 Å². The van der Waals surface area contributed by atoms with Crippen LogP contribution in [0.1, 0.15) is 0 Å². The summed E-state index contributed by atoms with van der Waals surface area (Å²) in [5.41, 5.74) is -0.0999. The minimum Gasteiger partial charge on any atom is -0.301 e. The van der Waals surface area contributed by atoms with Gasteiger partial charge in [0.1, 0.15) is 0 Å². The summed E-state index contributed by atoms with van der Waals surface area (Å²) in [7, 11) is 0. The van der Waals surface area contributed by atoms with E-state index in [0.717, 1.165) is 11.1 Å². The van der Waals surface area contributed by atoms with Crippen LogP contribution in [-0.2, 0) is 0 Å². The summed E-state index contributed by atoms with van der Waals surface area (Å²) in [4.78, 5) is 17.3. The maximum atomic E-state index is 10.7. The highest BCUT2D eigenvalue weighted by atomic mass is 79.9. The number of rotatable bonds is 3. The number of nitrogens with zero attached hydrogens (tertiary/aromatic N) is 1. The number of nitrogens with one attached hydrogen (secondary N) is 1. The molecule has 0 fully saturated rings. The Morgan fingerprint density at radius 2 is 2.55 bits per heavy atom. The van der Waals surface area contributed by atoms with Gasteiger partial charge < -0.3 is 4.98 Å². The van der Waals surface area contributed by atoms with Crippen molar-refractivity contribution < 1.29 is 0 Å². The van der Waals surface area contributed by atoms with E-state index < -0.39 is 0 Å². The van der Waals surface area contributed by atoms with E-state index in [0.29, 0.717) is 5.16 Å². The zero-order valence-electron chi connectivity index (χ0n) is 5.71. The summed E-state index contributed by atoms with van der Waals surface area (Å²) >= 11 is 4.81.